The van der Waals surface area contributed by atoms with Crippen LogP contribution in [0, 0.1) is 10.8 Å². The number of para-hydroxylation sites is 1. The maximum atomic E-state index is 13.4. The predicted molar refractivity (Wildman–Crippen MR) is 141 cm³/mol. The molecule has 0 aliphatic rings. The number of amides is 1. The Labute approximate surface area is 227 Å². The number of anilines is 2. The van der Waals surface area contributed by atoms with E-state index in [1.807, 2.05) is 0 Å². The van der Waals surface area contributed by atoms with Gasteiger partial charge < -0.3 is 20.2 Å². The van der Waals surface area contributed by atoms with E-state index in [1.165, 1.54) is 29.9 Å². The minimum absolute atomic E-state index is 0.0652. The van der Waals surface area contributed by atoms with Crippen LogP contribution in [0.2, 0.25) is 0 Å². The number of rotatable bonds is 8. The molecule has 39 heavy (non-hydrogen) atoms. The van der Waals surface area contributed by atoms with E-state index in [2.05, 4.69) is 10.0 Å². The number of benzene rings is 2. The Morgan fingerprint density at radius 2 is 1.77 bits per heavy atom. The Morgan fingerprint density at radius 3 is 2.38 bits per heavy atom. The van der Waals surface area contributed by atoms with E-state index < -0.39 is 33.9 Å². The third-order valence-electron chi connectivity index (χ3n) is 5.76. The molecular formula is C26H30F3N5O4S. The quantitative estimate of drug-likeness (QED) is 0.161. The maximum absolute atomic E-state index is 13.4. The second-order valence-corrected chi connectivity index (χ2v) is 10.8. The monoisotopic (exact) mass is 565 g/mol. The van der Waals surface area contributed by atoms with Crippen molar-refractivity contribution in [3.63, 3.8) is 0 Å². The molecule has 0 saturated heterocycles. The number of carbonyl (C=O) groups excluding carboxylic acids is 2. The molecule has 210 valence electrons. The van der Waals surface area contributed by atoms with Gasteiger partial charge in [0.05, 0.1) is 34.4 Å². The summed E-state index contributed by atoms with van der Waals surface area (Å²) in [5.74, 6) is -0.548. The summed E-state index contributed by atoms with van der Waals surface area (Å²) < 4.78 is 55.0. The van der Waals surface area contributed by atoms with Crippen LogP contribution < -0.4 is 21.5 Å². The van der Waals surface area contributed by atoms with Crippen molar-refractivity contribution in [3.8, 4) is 0 Å². The molecule has 1 aromatic heterocycles. The molecule has 13 heteroatoms. The molecule has 0 aliphatic heterocycles. The fraction of sp³-hybridized carbons (Fsp3) is 0.346. The van der Waals surface area contributed by atoms with Gasteiger partial charge >= 0.3 is 12.1 Å². The number of halogens is 3. The van der Waals surface area contributed by atoms with Crippen LogP contribution in [0.25, 0.3) is 0 Å². The summed E-state index contributed by atoms with van der Waals surface area (Å²) in [6.45, 7) is 6.40. The Balaban J connectivity index is 1.79. The summed E-state index contributed by atoms with van der Waals surface area (Å²) in [6, 6.07) is 9.61. The minimum atomic E-state index is -4.58. The van der Waals surface area contributed by atoms with Gasteiger partial charge in [-0.15, -0.1) is 0 Å². The number of nitrogens with two attached hydrogens (primary N) is 1. The van der Waals surface area contributed by atoms with Gasteiger partial charge in [-0.1, -0.05) is 24.3 Å². The summed E-state index contributed by atoms with van der Waals surface area (Å²) in [5.41, 5.74) is 4.49. The van der Waals surface area contributed by atoms with Gasteiger partial charge in [-0.05, 0) is 57.0 Å². The molecule has 0 radical (unpaired) electrons. The number of nitrogen functional groups attached to an aromatic ring is 1. The number of nitrogens with one attached hydrogen (secondary N) is 3. The topological polar surface area (TPSA) is 135 Å². The van der Waals surface area contributed by atoms with Gasteiger partial charge in [0, 0.05) is 18.1 Å². The minimum Gasteiger partial charge on any atom is -0.463 e. The summed E-state index contributed by atoms with van der Waals surface area (Å²) in [4.78, 5) is 25.2. The van der Waals surface area contributed by atoms with E-state index in [-0.39, 0.29) is 30.1 Å². The molecule has 1 atom stereocenters. The standard InChI is InChI=1S/C26H30F3N5O4S/c1-24(2,3)21(35)38-15-25(4,17-8-6-9-18(13-17)26(27,28)29)33-39-23(36)32-19-10-5-7-16(20(19)30)14-34-11-12-37-22(34)31/h5-13,31,33H,14-15,30H2,1-4H3,(H,32,36). The van der Waals surface area contributed by atoms with Crippen LogP contribution in [-0.4, -0.2) is 22.4 Å². The average Bonchev–Trinajstić information content (AvgIpc) is 3.26. The van der Waals surface area contributed by atoms with Gasteiger partial charge in [-0.3, -0.25) is 19.6 Å². The average molecular weight is 566 g/mol. The number of nitrogens with zero attached hydrogens (tertiary/aromatic N) is 1. The molecule has 5 N–H and O–H groups in total. The lowest BCUT2D eigenvalue weighted by Gasteiger charge is -2.31. The van der Waals surface area contributed by atoms with E-state index in [9.17, 15) is 22.8 Å². The normalized spacial score (nSPS) is 13.5. The Hall–Kier alpha value is -3.71. The molecule has 3 rings (SSSR count). The van der Waals surface area contributed by atoms with E-state index in [1.54, 1.807) is 45.2 Å². The van der Waals surface area contributed by atoms with Crippen molar-refractivity contribution >= 4 is 34.5 Å². The van der Waals surface area contributed by atoms with E-state index in [0.717, 1.165) is 12.1 Å². The fourth-order valence-corrected chi connectivity index (χ4v) is 4.06. The van der Waals surface area contributed by atoms with Crippen molar-refractivity contribution < 1.29 is 31.9 Å². The molecule has 1 unspecified atom stereocenters. The summed E-state index contributed by atoms with van der Waals surface area (Å²) in [5, 5.41) is 9.81. The molecule has 1 heterocycles. The van der Waals surface area contributed by atoms with Crippen molar-refractivity contribution in [3.05, 3.63) is 77.3 Å². The number of alkyl halides is 3. The van der Waals surface area contributed by atoms with Gasteiger partial charge in [0.25, 0.3) is 10.9 Å². The third-order valence-corrected chi connectivity index (χ3v) is 6.60. The van der Waals surface area contributed by atoms with Crippen LogP contribution in [-0.2, 0) is 27.8 Å². The van der Waals surface area contributed by atoms with Gasteiger partial charge in [-0.2, -0.15) is 13.2 Å². The SMILES string of the molecule is CC(C)(C)C(=O)OCC(C)(NSC(=O)Nc1cccc(Cn2ccoc2=N)c1N)c1cccc(C(F)(F)F)c1. The number of ether oxygens (including phenoxy) is 1. The molecule has 1 amide bonds. The fourth-order valence-electron chi connectivity index (χ4n) is 3.40. The zero-order valence-electron chi connectivity index (χ0n) is 21.8. The van der Waals surface area contributed by atoms with E-state index in [4.69, 9.17) is 20.3 Å². The smallest absolute Gasteiger partial charge is 0.416 e. The Kier molecular flexibility index (Phi) is 8.86. The van der Waals surface area contributed by atoms with Gasteiger partial charge in [0.15, 0.2) is 0 Å². The zero-order valence-corrected chi connectivity index (χ0v) is 22.6. The van der Waals surface area contributed by atoms with Gasteiger partial charge in [0.1, 0.15) is 12.9 Å². The number of hydrogen-bond acceptors (Lipinski definition) is 8. The summed E-state index contributed by atoms with van der Waals surface area (Å²) >= 11 is 0.590. The predicted octanol–water partition coefficient (Wildman–Crippen LogP) is 5.48. The number of oxazole rings is 1. The van der Waals surface area contributed by atoms with Crippen molar-refractivity contribution in [1.82, 2.24) is 9.29 Å². The lowest BCUT2D eigenvalue weighted by molar-refractivity contribution is -0.155. The third kappa shape index (κ3) is 7.67. The first-order chi connectivity index (χ1) is 18.1. The van der Waals surface area contributed by atoms with Crippen LogP contribution in [0.4, 0.5) is 29.3 Å². The second-order valence-electron chi connectivity index (χ2n) is 10.1. The number of carbonyl (C=O) groups is 2. The highest BCUT2D eigenvalue weighted by Gasteiger charge is 2.36. The summed E-state index contributed by atoms with van der Waals surface area (Å²) in [7, 11) is 0. The number of esters is 1. The molecule has 0 fully saturated rings. The molecule has 9 nitrogen and oxygen atoms in total. The van der Waals surface area contributed by atoms with Crippen LogP contribution in [0.3, 0.4) is 0 Å². The van der Waals surface area contributed by atoms with Crippen molar-refractivity contribution in [2.24, 2.45) is 5.41 Å². The van der Waals surface area contributed by atoms with Crippen LogP contribution >= 0.6 is 11.9 Å². The van der Waals surface area contributed by atoms with E-state index in [0.29, 0.717) is 23.2 Å². The largest absolute Gasteiger partial charge is 0.463 e. The molecule has 3 aromatic rings. The van der Waals surface area contributed by atoms with Crippen molar-refractivity contribution in [1.29, 1.82) is 5.41 Å². The highest BCUT2D eigenvalue weighted by Crippen LogP contribution is 2.34. The zero-order chi connectivity index (χ0) is 29.0. The van der Waals surface area contributed by atoms with Crippen LogP contribution in [0.15, 0.2) is 59.3 Å². The highest BCUT2D eigenvalue weighted by atomic mass is 32.2. The first-order valence-electron chi connectivity index (χ1n) is 11.8. The molecule has 0 spiro atoms. The Bertz CT molecular complexity index is 1400. The van der Waals surface area contributed by atoms with Crippen LogP contribution in [0.1, 0.15) is 44.4 Å². The molecule has 0 saturated carbocycles. The second kappa shape index (κ2) is 11.6. The van der Waals surface area contributed by atoms with Gasteiger partial charge in [-0.25, -0.2) is 4.72 Å². The van der Waals surface area contributed by atoms with Crippen molar-refractivity contribution in [2.75, 3.05) is 17.7 Å². The Morgan fingerprint density at radius 1 is 1.10 bits per heavy atom. The molecule has 0 aliphatic carbocycles. The molecule has 2 aromatic carbocycles. The molecular weight excluding hydrogens is 535 g/mol. The molecule has 0 bridgehead atoms. The lowest BCUT2D eigenvalue weighted by Crippen LogP contribution is -2.43. The first-order valence-corrected chi connectivity index (χ1v) is 12.6. The lowest BCUT2D eigenvalue weighted by atomic mass is 9.92. The van der Waals surface area contributed by atoms with Crippen LogP contribution in [0.5, 0.6) is 0 Å². The van der Waals surface area contributed by atoms with Crippen molar-refractivity contribution in [2.45, 2.75) is 46.0 Å². The number of aromatic nitrogens is 1. The van der Waals surface area contributed by atoms with Gasteiger partial charge in [0.2, 0.25) is 0 Å². The van der Waals surface area contributed by atoms with E-state index >= 15 is 0 Å². The first kappa shape index (κ1) is 29.8. The highest BCUT2D eigenvalue weighted by molar-refractivity contribution is 8.12. The maximum Gasteiger partial charge on any atom is 0.416 e. The summed E-state index contributed by atoms with van der Waals surface area (Å²) in [6.07, 6.45) is -1.64. The number of hydrogen-bond donors (Lipinski definition) is 4.